The van der Waals surface area contributed by atoms with Crippen molar-refractivity contribution in [2.24, 2.45) is 7.05 Å². The molecule has 0 fully saturated rings. The van der Waals surface area contributed by atoms with Crippen molar-refractivity contribution in [2.45, 2.75) is 84.1 Å². The smallest absolute Gasteiger partial charge is 0.204 e. The minimum absolute atomic E-state index is 0. The van der Waals surface area contributed by atoms with Crippen molar-refractivity contribution >= 4 is 0 Å². The summed E-state index contributed by atoms with van der Waals surface area (Å²) in [5.41, 5.74) is 26.7. The molecular formula is C70H59N3Pt-2. The standard InChI is InChI=1S/C70H59N3.Pt/c1-43-19-11-29-54-61(43)62-44(2)20-12-30-55(62)68(54,51-26-18-28-53(40-51)70(73-38-37-72(10)42-73)58-33-15-23-47(5)65(58)66-48(6)24-16-34-59(66)70)50-25-17-27-52(39-50)69(60-41-49(35-36-71-60)67(7,8)9)56-31-13-21-45(3)63(56)64-46(4)22-14-32-57(64)69;/h11-38,41H,1-10H3;/q-2;. The van der Waals surface area contributed by atoms with Crippen LogP contribution < -0.4 is 4.57 Å². The van der Waals surface area contributed by atoms with Gasteiger partial charge in [-0.1, -0.05) is 130 Å². The van der Waals surface area contributed by atoms with Crippen LogP contribution in [0.4, 0.5) is 0 Å². The Hall–Kier alpha value is -7.19. The second-order valence-electron chi connectivity index (χ2n) is 22.2. The summed E-state index contributed by atoms with van der Waals surface area (Å²) < 4.78 is 4.34. The van der Waals surface area contributed by atoms with Crippen LogP contribution in [0.25, 0.3) is 33.4 Å². The first kappa shape index (κ1) is 47.8. The van der Waals surface area contributed by atoms with Crippen LogP contribution >= 0.6 is 0 Å². The summed E-state index contributed by atoms with van der Waals surface area (Å²) in [6.07, 6.45) is 10.1. The molecule has 0 saturated carbocycles. The van der Waals surface area contributed by atoms with Gasteiger partial charge in [-0.15, -0.1) is 22.3 Å². The molecule has 4 heteroatoms. The van der Waals surface area contributed by atoms with Gasteiger partial charge in [-0.2, -0.15) is 48.5 Å². The van der Waals surface area contributed by atoms with Gasteiger partial charge >= 0.3 is 0 Å². The second-order valence-corrected chi connectivity index (χ2v) is 22.2. The largest absolute Gasteiger partial charge is 0.354 e. The van der Waals surface area contributed by atoms with Gasteiger partial charge in [0, 0.05) is 43.8 Å². The van der Waals surface area contributed by atoms with Crippen molar-refractivity contribution < 1.29 is 25.6 Å². The van der Waals surface area contributed by atoms with E-state index >= 15 is 0 Å². The second kappa shape index (κ2) is 16.9. The summed E-state index contributed by atoms with van der Waals surface area (Å²) in [4.78, 5) is 5.45. The van der Waals surface area contributed by atoms with E-state index in [9.17, 15) is 0 Å². The monoisotopic (exact) mass is 1140 g/mol. The van der Waals surface area contributed by atoms with Crippen LogP contribution in [0, 0.1) is 60.0 Å². The van der Waals surface area contributed by atoms with E-state index in [1.807, 2.05) is 10.8 Å². The van der Waals surface area contributed by atoms with Gasteiger partial charge in [-0.25, -0.2) is 0 Å². The molecule has 0 aliphatic heterocycles. The first-order valence-electron chi connectivity index (χ1n) is 25.9. The number of hydrogen-bond acceptors (Lipinski definition) is 1. The van der Waals surface area contributed by atoms with E-state index < -0.39 is 16.4 Å². The summed E-state index contributed by atoms with van der Waals surface area (Å²) in [7, 11) is 2.06. The van der Waals surface area contributed by atoms with Crippen LogP contribution in [0.5, 0.6) is 0 Å². The maximum atomic E-state index is 5.45. The number of fused-ring (bicyclic) bond motifs is 9. The van der Waals surface area contributed by atoms with Crippen molar-refractivity contribution in [3.63, 3.8) is 0 Å². The minimum atomic E-state index is -0.837. The molecular weight excluding hydrogens is 1080 g/mol. The molecule has 74 heavy (non-hydrogen) atoms. The number of rotatable bonds is 6. The summed E-state index contributed by atoms with van der Waals surface area (Å²) in [5, 5.41) is 0. The van der Waals surface area contributed by atoms with E-state index in [1.54, 1.807) is 0 Å². The van der Waals surface area contributed by atoms with Gasteiger partial charge in [0.1, 0.15) is 5.54 Å². The van der Waals surface area contributed by atoms with Gasteiger partial charge < -0.3 is 9.13 Å². The van der Waals surface area contributed by atoms with Gasteiger partial charge in [-0.3, -0.25) is 4.98 Å². The molecule has 0 radical (unpaired) electrons. The number of imidazole rings is 1. The van der Waals surface area contributed by atoms with Crippen molar-refractivity contribution in [2.75, 3.05) is 0 Å². The molecule has 0 amide bonds. The molecule has 3 nitrogen and oxygen atoms in total. The van der Waals surface area contributed by atoms with E-state index in [1.165, 1.54) is 106 Å². The molecule has 8 aromatic carbocycles. The predicted molar refractivity (Wildman–Crippen MR) is 295 cm³/mol. The maximum Gasteiger partial charge on any atom is 0.204 e. The molecule has 0 spiro atoms. The molecule has 10 aromatic rings. The quantitative estimate of drug-likeness (QED) is 0.120. The van der Waals surface area contributed by atoms with Crippen molar-refractivity contribution in [1.29, 1.82) is 0 Å². The Balaban J connectivity index is 0.00000556. The SMILES string of the molecule is Cc1cccc2c1-c1c(C)cccc1C2(c1[c-]c(C2(c3cc(C(C)(C)C)ccn3)c3cccc(C)c3-c3c(C)cccc32)ccc1)c1[c-]c(C2(n3[c-][n+](C)cc3)c3cccc(C)c3-c3c(C)cccc32)ccc1.[Pt]. The zero-order chi connectivity index (χ0) is 50.3. The third-order valence-corrected chi connectivity index (χ3v) is 17.1. The Bertz CT molecular complexity index is 3800. The van der Waals surface area contributed by atoms with E-state index in [2.05, 4.69) is 263 Å². The molecule has 0 unspecified atom stereocenters. The molecule has 0 bridgehead atoms. The van der Waals surface area contributed by atoms with Gasteiger partial charge in [0.15, 0.2) is 0 Å². The zero-order valence-corrected chi connectivity index (χ0v) is 46.2. The zero-order valence-electron chi connectivity index (χ0n) is 43.9. The van der Waals surface area contributed by atoms with Gasteiger partial charge in [0.25, 0.3) is 0 Å². The molecule has 0 atom stereocenters. The Morgan fingerprint density at radius 1 is 0.446 bits per heavy atom. The van der Waals surface area contributed by atoms with Crippen molar-refractivity contribution in [3.8, 4) is 33.4 Å². The first-order chi connectivity index (χ1) is 35.2. The van der Waals surface area contributed by atoms with E-state index in [0.29, 0.717) is 0 Å². The van der Waals surface area contributed by atoms with E-state index in [-0.39, 0.29) is 26.5 Å². The predicted octanol–water partition coefficient (Wildman–Crippen LogP) is 14.8. The molecule has 13 rings (SSSR count). The summed E-state index contributed by atoms with van der Waals surface area (Å²) >= 11 is 0. The Morgan fingerprint density at radius 3 is 1.20 bits per heavy atom. The maximum absolute atomic E-state index is 5.45. The van der Waals surface area contributed by atoms with E-state index in [0.717, 1.165) is 27.9 Å². The molecule has 0 N–H and O–H groups in total. The molecule has 2 heterocycles. The number of nitrogens with zero attached hydrogens (tertiary/aromatic N) is 3. The summed E-state index contributed by atoms with van der Waals surface area (Å²) in [6.45, 7) is 20.5. The third-order valence-electron chi connectivity index (χ3n) is 17.1. The summed E-state index contributed by atoms with van der Waals surface area (Å²) in [6, 6.07) is 68.4. The Morgan fingerprint density at radius 2 is 0.797 bits per heavy atom. The number of hydrogen-bond donors (Lipinski definition) is 0. The molecule has 3 aliphatic rings. The van der Waals surface area contributed by atoms with Crippen LogP contribution in [0.1, 0.15) is 121 Å². The van der Waals surface area contributed by atoms with Crippen LogP contribution in [-0.2, 0) is 49.9 Å². The van der Waals surface area contributed by atoms with Crippen LogP contribution in [0.2, 0.25) is 0 Å². The van der Waals surface area contributed by atoms with Gasteiger partial charge in [0.2, 0.25) is 6.33 Å². The fourth-order valence-corrected chi connectivity index (χ4v) is 13.9. The van der Waals surface area contributed by atoms with Crippen LogP contribution in [0.15, 0.2) is 176 Å². The number of aryl methyl sites for hydroxylation is 7. The molecule has 3 aliphatic carbocycles. The third kappa shape index (κ3) is 6.23. The fraction of sp³-hybridized carbons (Fsp3) is 0.200. The number of benzene rings is 8. The average molecular weight is 1140 g/mol. The van der Waals surface area contributed by atoms with E-state index in [4.69, 9.17) is 4.98 Å². The molecule has 366 valence electrons. The van der Waals surface area contributed by atoms with Gasteiger partial charge in [-0.05, 0) is 166 Å². The first-order valence-corrected chi connectivity index (χ1v) is 25.9. The Kier molecular flexibility index (Phi) is 10.9. The van der Waals surface area contributed by atoms with Crippen molar-refractivity contribution in [1.82, 2.24) is 9.55 Å². The Labute approximate surface area is 451 Å². The van der Waals surface area contributed by atoms with Gasteiger partial charge in [0.05, 0.1) is 18.2 Å². The number of pyridine rings is 1. The molecule has 2 aromatic heterocycles. The summed E-state index contributed by atoms with van der Waals surface area (Å²) in [5.74, 6) is 0. The van der Waals surface area contributed by atoms with Crippen molar-refractivity contribution in [3.05, 3.63) is 295 Å². The normalized spacial score (nSPS) is 14.8. The fourth-order valence-electron chi connectivity index (χ4n) is 13.9. The molecule has 0 saturated heterocycles. The topological polar surface area (TPSA) is 21.7 Å². The van der Waals surface area contributed by atoms with Crippen LogP contribution in [-0.4, -0.2) is 9.55 Å². The number of aromatic nitrogens is 3. The van der Waals surface area contributed by atoms with Crippen LogP contribution in [0.3, 0.4) is 0 Å². The minimum Gasteiger partial charge on any atom is -0.354 e. The average Bonchev–Trinajstić information content (AvgIpc) is 4.13.